The van der Waals surface area contributed by atoms with Gasteiger partial charge >= 0.3 is 6.36 Å². The van der Waals surface area contributed by atoms with Gasteiger partial charge in [-0.1, -0.05) is 18.2 Å². The van der Waals surface area contributed by atoms with Gasteiger partial charge in [0.1, 0.15) is 18.1 Å². The summed E-state index contributed by atoms with van der Waals surface area (Å²) >= 11 is 0. The van der Waals surface area contributed by atoms with Crippen LogP contribution in [0.4, 0.5) is 13.2 Å². The Kier molecular flexibility index (Phi) is 5.11. The Bertz CT molecular complexity index is 1060. The van der Waals surface area contributed by atoms with E-state index in [1.807, 2.05) is 17.8 Å². The number of fused-ring (bicyclic) bond motifs is 1. The minimum atomic E-state index is -4.74. The van der Waals surface area contributed by atoms with Crippen LogP contribution in [0, 0.1) is 0 Å². The van der Waals surface area contributed by atoms with Crippen LogP contribution in [0.2, 0.25) is 0 Å². The molecule has 0 atom stereocenters. The van der Waals surface area contributed by atoms with E-state index < -0.39 is 6.36 Å². The van der Waals surface area contributed by atoms with Crippen LogP contribution in [0.3, 0.4) is 0 Å². The van der Waals surface area contributed by atoms with E-state index in [0.29, 0.717) is 42.1 Å². The second kappa shape index (κ2) is 7.74. The number of aryl methyl sites for hydroxylation is 1. The second-order valence-electron chi connectivity index (χ2n) is 6.89. The number of ether oxygens (including phenoxy) is 2. The molecule has 9 heteroatoms. The summed E-state index contributed by atoms with van der Waals surface area (Å²) < 4.78 is 48.5. The van der Waals surface area contributed by atoms with E-state index in [1.165, 1.54) is 24.3 Å². The van der Waals surface area contributed by atoms with Gasteiger partial charge in [-0.15, -0.1) is 13.2 Å². The molecule has 0 aliphatic carbocycles. The van der Waals surface area contributed by atoms with Crippen molar-refractivity contribution in [1.82, 2.24) is 14.5 Å². The van der Waals surface area contributed by atoms with Crippen molar-refractivity contribution in [1.29, 1.82) is 0 Å². The first-order valence-electron chi connectivity index (χ1n) is 9.18. The van der Waals surface area contributed by atoms with Crippen LogP contribution >= 0.6 is 0 Å². The Morgan fingerprint density at radius 1 is 1.13 bits per heavy atom. The minimum Gasteiger partial charge on any atom is -0.491 e. The van der Waals surface area contributed by atoms with Gasteiger partial charge in [-0.2, -0.15) is 0 Å². The maximum Gasteiger partial charge on any atom is 0.573 e. The van der Waals surface area contributed by atoms with Gasteiger partial charge in [0.15, 0.2) is 0 Å². The molecule has 0 saturated heterocycles. The highest BCUT2D eigenvalue weighted by Crippen LogP contribution is 2.31. The number of imidazole rings is 1. The largest absolute Gasteiger partial charge is 0.573 e. The lowest BCUT2D eigenvalue weighted by molar-refractivity contribution is -0.274. The van der Waals surface area contributed by atoms with Crippen LogP contribution in [0.25, 0.3) is 11.1 Å². The molecule has 0 saturated carbocycles. The maximum atomic E-state index is 13.1. The highest BCUT2D eigenvalue weighted by molar-refractivity contribution is 5.98. The molecule has 3 aromatic rings. The van der Waals surface area contributed by atoms with E-state index in [-0.39, 0.29) is 11.7 Å². The summed E-state index contributed by atoms with van der Waals surface area (Å²) in [5, 5.41) is 0. The highest BCUT2D eigenvalue weighted by Gasteiger charge is 2.31. The third-order valence-electron chi connectivity index (χ3n) is 4.65. The molecule has 1 aliphatic heterocycles. The number of carbonyl (C=O) groups is 1. The number of hydrogen-bond donors (Lipinski definition) is 0. The van der Waals surface area contributed by atoms with Gasteiger partial charge in [-0.05, 0) is 35.4 Å². The molecule has 1 amide bonds. The minimum absolute atomic E-state index is 0.188. The molecule has 0 N–H and O–H groups in total. The predicted octanol–water partition coefficient (Wildman–Crippen LogP) is 4.02. The van der Waals surface area contributed by atoms with E-state index >= 15 is 0 Å². The number of aromatic nitrogens is 2. The summed E-state index contributed by atoms with van der Waals surface area (Å²) in [6.07, 6.45) is -1.22. The van der Waals surface area contributed by atoms with Gasteiger partial charge in [0.05, 0.1) is 30.7 Å². The predicted molar refractivity (Wildman–Crippen MR) is 102 cm³/mol. The SMILES string of the molecule is Cn1cnc(CN2CCOc3ccc(-c4ccc(OC(F)(F)F)cc4)cc3C2=O)c1. The van der Waals surface area contributed by atoms with Crippen molar-refractivity contribution in [3.8, 4) is 22.6 Å². The summed E-state index contributed by atoms with van der Waals surface area (Å²) in [6, 6.07) is 10.6. The van der Waals surface area contributed by atoms with Crippen molar-refractivity contribution in [2.75, 3.05) is 13.2 Å². The monoisotopic (exact) mass is 417 g/mol. The number of rotatable bonds is 4. The van der Waals surface area contributed by atoms with Crippen LogP contribution in [-0.2, 0) is 13.6 Å². The molecule has 2 aromatic carbocycles. The van der Waals surface area contributed by atoms with Crippen molar-refractivity contribution < 1.29 is 27.4 Å². The van der Waals surface area contributed by atoms with Gasteiger partial charge in [0.25, 0.3) is 5.91 Å². The fraction of sp³-hybridized carbons (Fsp3) is 0.238. The second-order valence-corrected chi connectivity index (χ2v) is 6.89. The Morgan fingerprint density at radius 3 is 2.53 bits per heavy atom. The van der Waals surface area contributed by atoms with E-state index in [4.69, 9.17) is 4.74 Å². The number of amides is 1. The van der Waals surface area contributed by atoms with Crippen molar-refractivity contribution in [3.63, 3.8) is 0 Å². The first-order valence-corrected chi connectivity index (χ1v) is 9.18. The Hall–Kier alpha value is -3.49. The van der Waals surface area contributed by atoms with Gasteiger partial charge < -0.3 is 18.9 Å². The third kappa shape index (κ3) is 4.40. The van der Waals surface area contributed by atoms with Crippen LogP contribution < -0.4 is 9.47 Å². The van der Waals surface area contributed by atoms with Gasteiger partial charge in [0, 0.05) is 13.2 Å². The number of nitrogens with zero attached hydrogens (tertiary/aromatic N) is 3. The molecule has 0 bridgehead atoms. The molecule has 1 aliphatic rings. The molecule has 2 heterocycles. The Balaban J connectivity index is 1.59. The number of carbonyl (C=O) groups excluding carboxylic acids is 1. The standard InChI is InChI=1S/C21H18F3N3O3/c1-26-11-16(25-13-26)12-27-8-9-29-19-7-4-15(10-18(19)20(27)28)14-2-5-17(6-3-14)30-21(22,23)24/h2-7,10-11,13H,8-9,12H2,1H3. The van der Waals surface area contributed by atoms with Crippen LogP contribution in [0.1, 0.15) is 16.1 Å². The van der Waals surface area contributed by atoms with E-state index in [0.717, 1.165) is 5.69 Å². The van der Waals surface area contributed by atoms with Crippen LogP contribution in [0.5, 0.6) is 11.5 Å². The normalized spacial score (nSPS) is 14.1. The smallest absolute Gasteiger partial charge is 0.491 e. The molecular formula is C21H18F3N3O3. The quantitative estimate of drug-likeness (QED) is 0.644. The average Bonchev–Trinajstić information content (AvgIpc) is 3.04. The summed E-state index contributed by atoms with van der Waals surface area (Å²) in [5.74, 6) is -0.0155. The third-order valence-corrected chi connectivity index (χ3v) is 4.65. The summed E-state index contributed by atoms with van der Waals surface area (Å²) in [5.41, 5.74) is 2.51. The highest BCUT2D eigenvalue weighted by atomic mass is 19.4. The van der Waals surface area contributed by atoms with Crippen molar-refractivity contribution in [2.45, 2.75) is 12.9 Å². The van der Waals surface area contributed by atoms with E-state index in [1.54, 1.807) is 29.4 Å². The van der Waals surface area contributed by atoms with E-state index in [2.05, 4.69) is 9.72 Å². The number of alkyl halides is 3. The maximum absolute atomic E-state index is 13.1. The van der Waals surface area contributed by atoms with Crippen molar-refractivity contribution >= 4 is 5.91 Å². The molecule has 0 unspecified atom stereocenters. The number of benzene rings is 2. The lowest BCUT2D eigenvalue weighted by atomic mass is 10.0. The molecule has 156 valence electrons. The fourth-order valence-corrected chi connectivity index (χ4v) is 3.28. The summed E-state index contributed by atoms with van der Waals surface area (Å²) in [4.78, 5) is 19.0. The first-order chi connectivity index (χ1) is 14.3. The summed E-state index contributed by atoms with van der Waals surface area (Å²) in [7, 11) is 1.86. The van der Waals surface area contributed by atoms with Gasteiger partial charge in [0.2, 0.25) is 0 Å². The molecule has 0 radical (unpaired) electrons. The van der Waals surface area contributed by atoms with Gasteiger partial charge in [-0.25, -0.2) is 4.98 Å². The van der Waals surface area contributed by atoms with E-state index in [9.17, 15) is 18.0 Å². The van der Waals surface area contributed by atoms with Crippen molar-refractivity contribution in [3.05, 3.63) is 66.2 Å². The molecule has 1 aromatic heterocycles. The van der Waals surface area contributed by atoms with Crippen LogP contribution in [0.15, 0.2) is 55.0 Å². The Morgan fingerprint density at radius 2 is 1.87 bits per heavy atom. The molecule has 4 rings (SSSR count). The molecular weight excluding hydrogens is 399 g/mol. The molecule has 0 spiro atoms. The number of hydrogen-bond acceptors (Lipinski definition) is 4. The molecule has 30 heavy (non-hydrogen) atoms. The zero-order chi connectivity index (χ0) is 21.3. The van der Waals surface area contributed by atoms with Crippen molar-refractivity contribution in [2.24, 2.45) is 7.05 Å². The first kappa shape index (κ1) is 19.8. The number of halogens is 3. The molecule has 6 nitrogen and oxygen atoms in total. The average molecular weight is 417 g/mol. The lowest BCUT2D eigenvalue weighted by Crippen LogP contribution is -2.32. The lowest BCUT2D eigenvalue weighted by Gasteiger charge is -2.18. The van der Waals surface area contributed by atoms with Crippen LogP contribution in [-0.4, -0.2) is 39.9 Å². The fourth-order valence-electron chi connectivity index (χ4n) is 3.28. The topological polar surface area (TPSA) is 56.6 Å². The van der Waals surface area contributed by atoms with Gasteiger partial charge in [-0.3, -0.25) is 4.79 Å². The Labute approximate surface area is 170 Å². The zero-order valence-electron chi connectivity index (χ0n) is 16.0. The summed E-state index contributed by atoms with van der Waals surface area (Å²) in [6.45, 7) is 1.13. The molecule has 0 fully saturated rings. The zero-order valence-corrected chi connectivity index (χ0v) is 16.0.